The minimum Gasteiger partial charge on any atom is -1.00 e. The topological polar surface area (TPSA) is 0 Å². The second kappa shape index (κ2) is 6.18. The largest absolute Gasteiger partial charge is 1.00 e. The summed E-state index contributed by atoms with van der Waals surface area (Å²) >= 11 is -3.75. The Bertz CT molecular complexity index is 457. The van der Waals surface area contributed by atoms with Crippen molar-refractivity contribution in [3.8, 4) is 0 Å². The minimum absolute atomic E-state index is 0. The molecule has 0 saturated heterocycles. The van der Waals surface area contributed by atoms with Crippen molar-refractivity contribution >= 4 is 36.8 Å². The van der Waals surface area contributed by atoms with Crippen LogP contribution in [0.4, 0.5) is 0 Å². The SMILES string of the molecule is [CH3][Sn]([CH3])([CH3])[C]1=[C]([Ti+2][C]2=[C]([Sn]([CH3])([CH3])[CH3])C=CC2)CC=C1.[H-].[H-]. The van der Waals surface area contributed by atoms with E-state index < -0.39 is 36.8 Å². The zero-order valence-corrected chi connectivity index (χ0v) is 20.5. The van der Waals surface area contributed by atoms with E-state index >= 15 is 0 Å². The quantitative estimate of drug-likeness (QED) is 0.444. The molecule has 0 heterocycles. The minimum atomic E-state index is -1.87. The monoisotopic (exact) mass is 508 g/mol. The normalized spacial score (nSPS) is 19.7. The molecule has 3 heteroatoms. The molecule has 0 aromatic carbocycles. The predicted molar refractivity (Wildman–Crippen MR) is 90.5 cm³/mol. The summed E-state index contributed by atoms with van der Waals surface area (Å²) in [4.78, 5) is 15.4. The average Bonchev–Trinajstić information content (AvgIpc) is 2.83. The molecule has 2 rings (SSSR count). The van der Waals surface area contributed by atoms with Crippen LogP contribution in [0.5, 0.6) is 0 Å². The zero-order valence-electron chi connectivity index (χ0n) is 15.2. The predicted octanol–water partition coefficient (Wildman–Crippen LogP) is 5.48. The van der Waals surface area contributed by atoms with Gasteiger partial charge in [0.1, 0.15) is 0 Å². The van der Waals surface area contributed by atoms with Crippen LogP contribution in [0.15, 0.2) is 39.2 Å². The van der Waals surface area contributed by atoms with Crippen molar-refractivity contribution in [3.63, 3.8) is 0 Å². The molecule has 104 valence electrons. The fraction of sp³-hybridized carbons (Fsp3) is 0.500. The summed E-state index contributed by atoms with van der Waals surface area (Å²) in [5, 5.41) is 0. The third-order valence-electron chi connectivity index (χ3n) is 3.78. The summed E-state index contributed by atoms with van der Waals surface area (Å²) in [7, 11) is 0. The summed E-state index contributed by atoms with van der Waals surface area (Å²) < 4.78 is 7.46. The molecule has 0 aromatic heterocycles. The van der Waals surface area contributed by atoms with Crippen molar-refractivity contribution in [1.82, 2.24) is 0 Å². The average molecular weight is 506 g/mol. The fourth-order valence-corrected chi connectivity index (χ4v) is 23.4. The maximum Gasteiger partial charge on any atom is -1.00 e. The molecule has 0 bridgehead atoms. The molecule has 0 N–H and O–H groups in total. The Kier molecular flexibility index (Phi) is 5.41. The van der Waals surface area contributed by atoms with Gasteiger partial charge in [0, 0.05) is 0 Å². The molecule has 19 heavy (non-hydrogen) atoms. The molecular formula is C16H28Sn2Ti. The van der Waals surface area contributed by atoms with Gasteiger partial charge in [-0.25, -0.2) is 0 Å². The van der Waals surface area contributed by atoms with Crippen molar-refractivity contribution in [2.24, 2.45) is 0 Å². The number of rotatable bonds is 4. The molecular weight excluding hydrogens is 477 g/mol. The molecule has 0 fully saturated rings. The van der Waals surface area contributed by atoms with Gasteiger partial charge < -0.3 is 2.85 Å². The number of hydrogen-bond donors (Lipinski definition) is 0. The Morgan fingerprint density at radius 1 is 0.789 bits per heavy atom. The molecule has 0 amide bonds. The zero-order chi connectivity index (χ0) is 14.3. The van der Waals surface area contributed by atoms with Crippen LogP contribution >= 0.6 is 0 Å². The van der Waals surface area contributed by atoms with Crippen LogP contribution in [-0.4, -0.2) is 36.8 Å². The van der Waals surface area contributed by atoms with Gasteiger partial charge in [0.05, 0.1) is 0 Å². The molecule has 2 aliphatic rings. The van der Waals surface area contributed by atoms with E-state index in [9.17, 15) is 0 Å². The van der Waals surface area contributed by atoms with Gasteiger partial charge in [0.15, 0.2) is 0 Å². The molecule has 0 aromatic rings. The van der Waals surface area contributed by atoms with Gasteiger partial charge in [-0.15, -0.1) is 0 Å². The maximum atomic E-state index is 2.57. The Balaban J connectivity index is 0.00000200. The van der Waals surface area contributed by atoms with Crippen LogP contribution in [0.2, 0.25) is 29.6 Å². The number of hydrogen-bond acceptors (Lipinski definition) is 0. The molecule has 0 unspecified atom stereocenters. The van der Waals surface area contributed by atoms with Crippen LogP contribution in [0.3, 0.4) is 0 Å². The van der Waals surface area contributed by atoms with Crippen molar-refractivity contribution in [1.29, 1.82) is 0 Å². The first-order valence-corrected chi connectivity index (χ1v) is 28.8. The third kappa shape index (κ3) is 4.14. The van der Waals surface area contributed by atoms with Crippen molar-refractivity contribution < 1.29 is 22.0 Å². The summed E-state index contributed by atoms with van der Waals surface area (Å²) in [5.74, 6) is 0. The van der Waals surface area contributed by atoms with Crippen LogP contribution in [-0.2, 0) is 19.2 Å². The smallest absolute Gasteiger partial charge is 1.00 e. The van der Waals surface area contributed by atoms with Crippen molar-refractivity contribution in [2.45, 2.75) is 42.5 Å². The van der Waals surface area contributed by atoms with Gasteiger partial charge in [0.25, 0.3) is 0 Å². The summed E-state index contributed by atoms with van der Waals surface area (Å²) in [5.41, 5.74) is 0. The van der Waals surface area contributed by atoms with Crippen LogP contribution in [0.25, 0.3) is 0 Å². The third-order valence-corrected chi connectivity index (χ3v) is 20.3. The molecule has 0 saturated carbocycles. The Morgan fingerprint density at radius 2 is 1.16 bits per heavy atom. The fourth-order valence-electron chi connectivity index (χ4n) is 2.83. The van der Waals surface area contributed by atoms with Crippen LogP contribution in [0.1, 0.15) is 15.7 Å². The summed E-state index contributed by atoms with van der Waals surface area (Å²) in [6, 6.07) is 0. The Morgan fingerprint density at radius 3 is 1.47 bits per heavy atom. The first-order chi connectivity index (χ1) is 8.69. The summed E-state index contributed by atoms with van der Waals surface area (Å²) in [6.07, 6.45) is 12.4. The molecule has 2 aliphatic carbocycles. The number of allylic oxidation sites excluding steroid dienone is 8. The second-order valence-electron chi connectivity index (χ2n) is 7.62. The van der Waals surface area contributed by atoms with Gasteiger partial charge >= 0.3 is 138 Å². The first-order valence-electron chi connectivity index (χ1n) is 7.27. The van der Waals surface area contributed by atoms with E-state index in [2.05, 4.69) is 53.9 Å². The van der Waals surface area contributed by atoms with E-state index in [1.165, 1.54) is 12.8 Å². The standard InChI is InChI=1S/2C5H4.6CH3.2Sn.Ti.2H/c2*1-2-4-5-3-1;;;;;;;;;;;/h2*1-2H,3H2;6*1H3;;;;;/q;;;;;;;;;;+2;2*-1. The van der Waals surface area contributed by atoms with Gasteiger partial charge in [0.2, 0.25) is 0 Å². The molecule has 0 nitrogen and oxygen atoms in total. The van der Waals surface area contributed by atoms with E-state index in [0.29, 0.717) is 0 Å². The van der Waals surface area contributed by atoms with E-state index in [4.69, 9.17) is 0 Å². The Labute approximate surface area is 139 Å². The molecule has 0 radical (unpaired) electrons. The van der Waals surface area contributed by atoms with Crippen molar-refractivity contribution in [2.75, 3.05) is 0 Å². The first kappa shape index (κ1) is 16.6. The Hall–Kier alpha value is 1.27. The van der Waals surface area contributed by atoms with E-state index in [0.717, 1.165) is 0 Å². The molecule has 0 aliphatic heterocycles. The van der Waals surface area contributed by atoms with Crippen LogP contribution in [0, 0.1) is 0 Å². The molecule has 0 spiro atoms. The summed E-state index contributed by atoms with van der Waals surface area (Å²) in [6.45, 7) is 0. The van der Waals surface area contributed by atoms with Gasteiger partial charge in [-0.1, -0.05) is 0 Å². The van der Waals surface area contributed by atoms with Gasteiger partial charge in [-0.05, 0) is 0 Å². The van der Waals surface area contributed by atoms with Gasteiger partial charge in [-0.3, -0.25) is 0 Å². The maximum absolute atomic E-state index is 2.57. The van der Waals surface area contributed by atoms with Gasteiger partial charge in [-0.2, -0.15) is 0 Å². The van der Waals surface area contributed by atoms with E-state index in [1.807, 2.05) is 14.9 Å². The van der Waals surface area contributed by atoms with E-state index in [1.54, 1.807) is 0 Å². The second-order valence-corrected chi connectivity index (χ2v) is 38.7. The van der Waals surface area contributed by atoms with E-state index in [-0.39, 0.29) is 22.0 Å². The van der Waals surface area contributed by atoms with Crippen LogP contribution < -0.4 is 0 Å². The van der Waals surface area contributed by atoms with Crippen molar-refractivity contribution in [3.05, 3.63) is 39.2 Å². The molecule has 0 atom stereocenters.